The number of piperazine rings is 1. The number of aromatic nitrogens is 1. The second-order valence-electron chi connectivity index (χ2n) is 9.01. The first kappa shape index (κ1) is 23.5. The molecule has 2 heterocycles. The Morgan fingerprint density at radius 2 is 1.81 bits per heavy atom. The molecule has 0 saturated carbocycles. The summed E-state index contributed by atoms with van der Waals surface area (Å²) in [5.41, 5.74) is 2.69. The molecular formula is C24H32FN5O2. The first-order chi connectivity index (χ1) is 15.1. The highest BCUT2D eigenvalue weighted by atomic mass is 19.1. The van der Waals surface area contributed by atoms with Gasteiger partial charge in [0.25, 0.3) is 0 Å². The van der Waals surface area contributed by atoms with Crippen LogP contribution in [0.25, 0.3) is 0 Å². The van der Waals surface area contributed by atoms with E-state index in [0.717, 1.165) is 16.9 Å². The van der Waals surface area contributed by atoms with E-state index >= 15 is 0 Å². The number of nitrogens with zero attached hydrogens (tertiary/aromatic N) is 3. The molecule has 0 radical (unpaired) electrons. The summed E-state index contributed by atoms with van der Waals surface area (Å²) in [6.45, 7) is 14.6. The first-order valence-electron chi connectivity index (χ1n) is 10.7. The zero-order valence-corrected chi connectivity index (χ0v) is 19.2. The van der Waals surface area contributed by atoms with Gasteiger partial charge in [-0.25, -0.2) is 9.18 Å². The monoisotopic (exact) mass is 441 g/mol. The summed E-state index contributed by atoms with van der Waals surface area (Å²) in [7, 11) is 0. The van der Waals surface area contributed by atoms with Crippen molar-refractivity contribution in [2.75, 3.05) is 36.8 Å². The number of nitrogens with one attached hydrogen (secondary N) is 2. The number of hydrogen-bond acceptors (Lipinski definition) is 6. The molecule has 1 aliphatic heterocycles. The zero-order valence-electron chi connectivity index (χ0n) is 19.2. The Labute approximate surface area is 189 Å². The van der Waals surface area contributed by atoms with Gasteiger partial charge in [-0.05, 0) is 63.6 Å². The molecule has 1 aromatic carbocycles. The Morgan fingerprint density at radius 1 is 1.12 bits per heavy atom. The van der Waals surface area contributed by atoms with E-state index in [2.05, 4.69) is 27.1 Å². The fourth-order valence-corrected chi connectivity index (χ4v) is 3.41. The number of carbonyl (C=O) groups is 1. The number of rotatable bonds is 6. The molecule has 3 rings (SSSR count). The second-order valence-corrected chi connectivity index (χ2v) is 9.01. The van der Waals surface area contributed by atoms with Crippen LogP contribution in [0.1, 0.15) is 32.0 Å². The van der Waals surface area contributed by atoms with Crippen molar-refractivity contribution < 1.29 is 13.9 Å². The van der Waals surface area contributed by atoms with Gasteiger partial charge < -0.3 is 20.3 Å². The van der Waals surface area contributed by atoms with E-state index in [1.54, 1.807) is 11.1 Å². The minimum Gasteiger partial charge on any atom is -0.444 e. The van der Waals surface area contributed by atoms with E-state index < -0.39 is 5.60 Å². The van der Waals surface area contributed by atoms with Gasteiger partial charge >= 0.3 is 6.09 Å². The standard InChI is InChI=1S/C24H32FN5O2/c1-17-6-7-21(15-26-17)27-18(2)28-22-13-19(12-20(25)14-22)16-29-8-10-30(11-9-29)23(31)32-24(3,4)5/h6-7,12-15,27-28H,2,8-11,16H2,1,3-5H3. The summed E-state index contributed by atoms with van der Waals surface area (Å²) in [5.74, 6) is 0.209. The molecule has 0 spiro atoms. The lowest BCUT2D eigenvalue weighted by molar-refractivity contribution is 0.0139. The van der Waals surface area contributed by atoms with Gasteiger partial charge in [0, 0.05) is 44.1 Å². The summed E-state index contributed by atoms with van der Waals surface area (Å²) >= 11 is 0. The molecular weight excluding hydrogens is 409 g/mol. The Kier molecular flexibility index (Phi) is 7.35. The van der Waals surface area contributed by atoms with Crippen molar-refractivity contribution in [3.63, 3.8) is 0 Å². The van der Waals surface area contributed by atoms with Crippen LogP contribution < -0.4 is 10.6 Å². The predicted molar refractivity (Wildman–Crippen MR) is 125 cm³/mol. The molecule has 0 unspecified atom stereocenters. The lowest BCUT2D eigenvalue weighted by Crippen LogP contribution is -2.49. The summed E-state index contributed by atoms with van der Waals surface area (Å²) < 4.78 is 19.7. The molecule has 1 aliphatic rings. The van der Waals surface area contributed by atoms with Gasteiger partial charge in [0.2, 0.25) is 0 Å². The fourth-order valence-electron chi connectivity index (χ4n) is 3.41. The van der Waals surface area contributed by atoms with Gasteiger partial charge in [-0.1, -0.05) is 6.58 Å². The van der Waals surface area contributed by atoms with E-state index in [1.165, 1.54) is 12.1 Å². The van der Waals surface area contributed by atoms with Crippen molar-refractivity contribution in [2.24, 2.45) is 0 Å². The maximum atomic E-state index is 14.2. The van der Waals surface area contributed by atoms with E-state index in [1.807, 2.05) is 45.9 Å². The maximum Gasteiger partial charge on any atom is 0.410 e. The van der Waals surface area contributed by atoms with Crippen LogP contribution in [0.2, 0.25) is 0 Å². The van der Waals surface area contributed by atoms with Crippen LogP contribution in [0.4, 0.5) is 20.6 Å². The fraction of sp³-hybridized carbons (Fsp3) is 0.417. The van der Waals surface area contributed by atoms with Crippen LogP contribution in [-0.2, 0) is 11.3 Å². The zero-order chi connectivity index (χ0) is 23.3. The Morgan fingerprint density at radius 3 is 2.44 bits per heavy atom. The third kappa shape index (κ3) is 7.23. The van der Waals surface area contributed by atoms with Crippen molar-refractivity contribution in [2.45, 2.75) is 39.8 Å². The van der Waals surface area contributed by atoms with Crippen LogP contribution in [0.15, 0.2) is 48.9 Å². The lowest BCUT2D eigenvalue weighted by atomic mass is 10.1. The number of halogens is 1. The maximum absolute atomic E-state index is 14.2. The van der Waals surface area contributed by atoms with Crippen LogP contribution in [0, 0.1) is 12.7 Å². The molecule has 1 amide bonds. The molecule has 2 aromatic rings. The molecule has 32 heavy (non-hydrogen) atoms. The lowest BCUT2D eigenvalue weighted by Gasteiger charge is -2.35. The van der Waals surface area contributed by atoms with Crippen molar-refractivity contribution in [3.8, 4) is 0 Å². The third-order valence-electron chi connectivity index (χ3n) is 4.89. The van der Waals surface area contributed by atoms with E-state index in [0.29, 0.717) is 44.2 Å². The molecule has 1 fully saturated rings. The van der Waals surface area contributed by atoms with E-state index in [-0.39, 0.29) is 11.9 Å². The topological polar surface area (TPSA) is 69.7 Å². The molecule has 172 valence electrons. The van der Waals surface area contributed by atoms with Gasteiger partial charge in [0.1, 0.15) is 17.2 Å². The number of pyridine rings is 1. The number of aryl methyl sites for hydroxylation is 1. The highest BCUT2D eigenvalue weighted by Gasteiger charge is 2.25. The van der Waals surface area contributed by atoms with Gasteiger partial charge in [0.05, 0.1) is 11.9 Å². The first-order valence-corrected chi connectivity index (χ1v) is 10.7. The number of carbonyl (C=O) groups excluding carboxylic acids is 1. The van der Waals surface area contributed by atoms with Crippen molar-refractivity contribution in [1.29, 1.82) is 0 Å². The quantitative estimate of drug-likeness (QED) is 0.684. The van der Waals surface area contributed by atoms with Crippen LogP contribution in [0.5, 0.6) is 0 Å². The molecule has 0 aliphatic carbocycles. The average Bonchev–Trinajstić information content (AvgIpc) is 2.68. The largest absolute Gasteiger partial charge is 0.444 e. The highest BCUT2D eigenvalue weighted by molar-refractivity contribution is 5.68. The molecule has 0 bridgehead atoms. The average molecular weight is 442 g/mol. The van der Waals surface area contributed by atoms with Gasteiger partial charge in [0.15, 0.2) is 0 Å². The predicted octanol–water partition coefficient (Wildman–Crippen LogP) is 4.58. The highest BCUT2D eigenvalue weighted by Crippen LogP contribution is 2.19. The van der Waals surface area contributed by atoms with E-state index in [4.69, 9.17) is 4.74 Å². The minimum atomic E-state index is -0.506. The van der Waals surface area contributed by atoms with Gasteiger partial charge in [-0.3, -0.25) is 9.88 Å². The number of amides is 1. The van der Waals surface area contributed by atoms with Crippen molar-refractivity contribution in [3.05, 3.63) is 66.0 Å². The number of anilines is 2. The van der Waals surface area contributed by atoms with Gasteiger partial charge in [-0.2, -0.15) is 0 Å². The summed E-state index contributed by atoms with van der Waals surface area (Å²) in [6.07, 6.45) is 1.43. The van der Waals surface area contributed by atoms with Gasteiger partial charge in [-0.15, -0.1) is 0 Å². The number of hydrogen-bond donors (Lipinski definition) is 2. The number of benzene rings is 1. The summed E-state index contributed by atoms with van der Waals surface area (Å²) in [6, 6.07) is 8.68. The summed E-state index contributed by atoms with van der Waals surface area (Å²) in [5, 5.41) is 6.22. The Balaban J connectivity index is 1.54. The smallest absolute Gasteiger partial charge is 0.410 e. The Bertz CT molecular complexity index is 948. The molecule has 8 heteroatoms. The van der Waals surface area contributed by atoms with Crippen molar-refractivity contribution >= 4 is 17.5 Å². The third-order valence-corrected chi connectivity index (χ3v) is 4.89. The molecule has 7 nitrogen and oxygen atoms in total. The molecule has 0 atom stereocenters. The van der Waals surface area contributed by atoms with Crippen LogP contribution in [0.3, 0.4) is 0 Å². The van der Waals surface area contributed by atoms with E-state index in [9.17, 15) is 9.18 Å². The minimum absolute atomic E-state index is 0.288. The van der Waals surface area contributed by atoms with Crippen molar-refractivity contribution in [1.82, 2.24) is 14.8 Å². The molecule has 2 N–H and O–H groups in total. The normalized spacial score (nSPS) is 14.7. The molecule has 1 aromatic heterocycles. The molecule has 1 saturated heterocycles. The summed E-state index contributed by atoms with van der Waals surface area (Å²) in [4.78, 5) is 20.4. The van der Waals surface area contributed by atoms with Crippen LogP contribution in [-0.4, -0.2) is 52.7 Å². The van der Waals surface area contributed by atoms with Crippen LogP contribution >= 0.6 is 0 Å². The Hall–Kier alpha value is -3.13. The second kappa shape index (κ2) is 9.99. The number of ether oxygens (including phenoxy) is 1. The SMILES string of the molecule is C=C(Nc1ccc(C)nc1)Nc1cc(F)cc(CN2CCN(C(=O)OC(C)(C)C)CC2)c1.